The minimum Gasteiger partial charge on any atom is -0.347 e. The van der Waals surface area contributed by atoms with E-state index in [1.165, 1.54) is 11.3 Å². The Morgan fingerprint density at radius 2 is 1.88 bits per heavy atom. The molecule has 0 bridgehead atoms. The molecule has 6 nitrogen and oxygen atoms in total. The van der Waals surface area contributed by atoms with Gasteiger partial charge in [0.25, 0.3) is 5.91 Å². The van der Waals surface area contributed by atoms with Crippen LogP contribution in [0.4, 0.5) is 11.1 Å². The molecular weight excluding hydrogens is 322 g/mol. The summed E-state index contributed by atoms with van der Waals surface area (Å²) in [6, 6.07) is 1.74. The Hall–Kier alpha value is -2.02. The number of carbonyl (C=O) groups excluding carboxylic acids is 1. The Morgan fingerprint density at radius 1 is 1.21 bits per heavy atom. The van der Waals surface area contributed by atoms with Crippen molar-refractivity contribution in [2.45, 2.75) is 46.0 Å². The van der Waals surface area contributed by atoms with Crippen LogP contribution < -0.4 is 10.2 Å². The van der Waals surface area contributed by atoms with Crippen LogP contribution in [0.25, 0.3) is 0 Å². The van der Waals surface area contributed by atoms with Crippen LogP contribution in [0.3, 0.4) is 0 Å². The van der Waals surface area contributed by atoms with Crippen molar-refractivity contribution in [3.05, 3.63) is 28.5 Å². The van der Waals surface area contributed by atoms with E-state index in [0.29, 0.717) is 16.8 Å². The topological polar surface area (TPSA) is 71.0 Å². The smallest absolute Gasteiger partial charge is 0.276 e. The number of thiazole rings is 1. The molecule has 2 aromatic heterocycles. The zero-order valence-corrected chi connectivity index (χ0v) is 16.2. The summed E-state index contributed by atoms with van der Waals surface area (Å²) in [6.07, 6.45) is 0. The third kappa shape index (κ3) is 4.29. The average molecular weight is 347 g/mol. The molecule has 0 spiro atoms. The summed E-state index contributed by atoms with van der Waals surface area (Å²) in [5, 5.41) is 5.40. The van der Waals surface area contributed by atoms with Crippen LogP contribution in [0.5, 0.6) is 0 Å². The van der Waals surface area contributed by atoms with Gasteiger partial charge in [0.2, 0.25) is 5.95 Å². The molecule has 0 unspecified atom stereocenters. The van der Waals surface area contributed by atoms with Crippen molar-refractivity contribution in [2.75, 3.05) is 24.3 Å². The molecule has 24 heavy (non-hydrogen) atoms. The van der Waals surface area contributed by atoms with Gasteiger partial charge >= 0.3 is 0 Å². The number of carbonyl (C=O) groups is 1. The number of anilines is 2. The fourth-order valence-corrected chi connectivity index (χ4v) is 2.83. The molecule has 0 saturated carbocycles. The third-order valence-corrected chi connectivity index (χ3v) is 4.21. The molecule has 0 aliphatic carbocycles. The van der Waals surface area contributed by atoms with E-state index in [1.807, 2.05) is 33.3 Å². The van der Waals surface area contributed by atoms with Crippen LogP contribution in [-0.2, 0) is 5.41 Å². The first-order chi connectivity index (χ1) is 11.1. The van der Waals surface area contributed by atoms with Crippen molar-refractivity contribution in [1.82, 2.24) is 15.0 Å². The Labute approximate surface area is 147 Å². The molecule has 0 radical (unpaired) electrons. The third-order valence-electron chi connectivity index (χ3n) is 3.45. The fraction of sp³-hybridized carbons (Fsp3) is 0.529. The van der Waals surface area contributed by atoms with Crippen molar-refractivity contribution in [1.29, 1.82) is 0 Å². The van der Waals surface area contributed by atoms with Crippen LogP contribution in [0.15, 0.2) is 11.4 Å². The monoisotopic (exact) mass is 347 g/mol. The Balaban J connectivity index is 2.27. The predicted molar refractivity (Wildman–Crippen MR) is 99.2 cm³/mol. The predicted octanol–water partition coefficient (Wildman–Crippen LogP) is 3.67. The lowest BCUT2D eigenvalue weighted by atomic mass is 9.93. The summed E-state index contributed by atoms with van der Waals surface area (Å²) >= 11 is 1.42. The molecule has 0 aromatic carbocycles. The molecule has 1 N–H and O–H groups in total. The highest BCUT2D eigenvalue weighted by Crippen LogP contribution is 2.26. The summed E-state index contributed by atoms with van der Waals surface area (Å²) in [7, 11) is 3.72. The van der Waals surface area contributed by atoms with Crippen LogP contribution in [0.2, 0.25) is 0 Å². The van der Waals surface area contributed by atoms with E-state index >= 15 is 0 Å². The molecule has 0 fully saturated rings. The summed E-state index contributed by atoms with van der Waals surface area (Å²) in [5.74, 6) is 0.476. The standard InChI is InChI=1S/C17H25N5OS/c1-10(2)11-8-12(19-15(18-11)22(6)7)14(23)21-16-20-13(9-24-16)17(3,4)5/h8-10H,1-7H3,(H,20,21,23). The lowest BCUT2D eigenvalue weighted by molar-refractivity contribution is 0.102. The quantitative estimate of drug-likeness (QED) is 0.913. The lowest BCUT2D eigenvalue weighted by Crippen LogP contribution is -2.20. The van der Waals surface area contributed by atoms with Gasteiger partial charge in [0.05, 0.1) is 5.69 Å². The molecule has 0 saturated heterocycles. The van der Waals surface area contributed by atoms with E-state index in [-0.39, 0.29) is 17.2 Å². The minimum atomic E-state index is -0.266. The van der Waals surface area contributed by atoms with Gasteiger partial charge in [-0.25, -0.2) is 15.0 Å². The van der Waals surface area contributed by atoms with E-state index in [2.05, 4.69) is 41.0 Å². The second-order valence-corrected chi connectivity index (χ2v) is 8.13. The summed E-state index contributed by atoms with van der Waals surface area (Å²) < 4.78 is 0. The van der Waals surface area contributed by atoms with Gasteiger partial charge in [0, 0.05) is 30.6 Å². The van der Waals surface area contributed by atoms with E-state index in [4.69, 9.17) is 0 Å². The number of nitrogens with one attached hydrogen (secondary N) is 1. The van der Waals surface area contributed by atoms with Crippen molar-refractivity contribution >= 4 is 28.3 Å². The van der Waals surface area contributed by atoms with Crippen molar-refractivity contribution in [3.63, 3.8) is 0 Å². The van der Waals surface area contributed by atoms with Crippen molar-refractivity contribution < 1.29 is 4.79 Å². The summed E-state index contributed by atoms with van der Waals surface area (Å²) in [4.78, 5) is 27.7. The Kier molecular flexibility index (Phi) is 5.22. The summed E-state index contributed by atoms with van der Waals surface area (Å²) in [6.45, 7) is 10.4. The number of hydrogen-bond acceptors (Lipinski definition) is 6. The number of amides is 1. The highest BCUT2D eigenvalue weighted by Gasteiger charge is 2.20. The van der Waals surface area contributed by atoms with Gasteiger partial charge in [-0.3, -0.25) is 10.1 Å². The maximum Gasteiger partial charge on any atom is 0.276 e. The van der Waals surface area contributed by atoms with E-state index < -0.39 is 0 Å². The Bertz CT molecular complexity index is 705. The molecule has 130 valence electrons. The normalized spacial score (nSPS) is 11.7. The van der Waals surface area contributed by atoms with Gasteiger partial charge in [-0.05, 0) is 12.0 Å². The largest absolute Gasteiger partial charge is 0.347 e. The molecule has 0 aliphatic rings. The Morgan fingerprint density at radius 3 is 2.38 bits per heavy atom. The van der Waals surface area contributed by atoms with Gasteiger partial charge in [-0.1, -0.05) is 34.6 Å². The fourth-order valence-electron chi connectivity index (χ4n) is 1.90. The first kappa shape index (κ1) is 18.3. The molecule has 1 amide bonds. The number of hydrogen-bond donors (Lipinski definition) is 1. The SMILES string of the molecule is CC(C)c1cc(C(=O)Nc2nc(C(C)(C)C)cs2)nc(N(C)C)n1. The van der Waals surface area contributed by atoms with Crippen LogP contribution >= 0.6 is 11.3 Å². The zero-order chi connectivity index (χ0) is 18.1. The first-order valence-electron chi connectivity index (χ1n) is 7.91. The van der Waals surface area contributed by atoms with Gasteiger partial charge in [0.15, 0.2) is 5.13 Å². The molecule has 0 atom stereocenters. The second kappa shape index (κ2) is 6.84. The molecular formula is C17H25N5OS. The average Bonchev–Trinajstić information content (AvgIpc) is 2.95. The second-order valence-electron chi connectivity index (χ2n) is 7.27. The molecule has 0 aliphatic heterocycles. The molecule has 7 heteroatoms. The van der Waals surface area contributed by atoms with Gasteiger partial charge in [-0.2, -0.15) is 0 Å². The van der Waals surface area contributed by atoms with Gasteiger partial charge < -0.3 is 4.90 Å². The minimum absolute atomic E-state index is 0.0443. The molecule has 2 heterocycles. The maximum atomic E-state index is 12.6. The molecule has 2 rings (SSSR count). The van der Waals surface area contributed by atoms with Crippen molar-refractivity contribution in [3.8, 4) is 0 Å². The van der Waals surface area contributed by atoms with Crippen LogP contribution in [-0.4, -0.2) is 35.0 Å². The highest BCUT2D eigenvalue weighted by atomic mass is 32.1. The maximum absolute atomic E-state index is 12.6. The van der Waals surface area contributed by atoms with E-state index in [9.17, 15) is 4.79 Å². The number of nitrogens with zero attached hydrogens (tertiary/aromatic N) is 4. The number of rotatable bonds is 4. The van der Waals surface area contributed by atoms with Crippen LogP contribution in [0.1, 0.15) is 62.4 Å². The zero-order valence-electron chi connectivity index (χ0n) is 15.3. The lowest BCUT2D eigenvalue weighted by Gasteiger charge is -2.15. The number of aromatic nitrogens is 3. The summed E-state index contributed by atoms with van der Waals surface area (Å²) in [5.41, 5.74) is 2.11. The molecule has 2 aromatic rings. The van der Waals surface area contributed by atoms with Gasteiger partial charge in [0.1, 0.15) is 5.69 Å². The van der Waals surface area contributed by atoms with E-state index in [0.717, 1.165) is 11.4 Å². The first-order valence-corrected chi connectivity index (χ1v) is 8.79. The van der Waals surface area contributed by atoms with Crippen molar-refractivity contribution in [2.24, 2.45) is 0 Å². The van der Waals surface area contributed by atoms with E-state index in [1.54, 1.807) is 11.0 Å². The highest BCUT2D eigenvalue weighted by molar-refractivity contribution is 7.14. The van der Waals surface area contributed by atoms with Crippen LogP contribution in [0, 0.1) is 0 Å². The van der Waals surface area contributed by atoms with Gasteiger partial charge in [-0.15, -0.1) is 11.3 Å².